The summed E-state index contributed by atoms with van der Waals surface area (Å²) in [5.74, 6) is 0.558. The molecule has 1 heterocycles. The molecule has 2 unspecified atom stereocenters. The van der Waals surface area contributed by atoms with Crippen LogP contribution >= 0.6 is 0 Å². The molecule has 2 atom stereocenters. The zero-order valence-corrected chi connectivity index (χ0v) is 11.7. The molecule has 1 amide bonds. The second-order valence-electron chi connectivity index (χ2n) is 6.89. The summed E-state index contributed by atoms with van der Waals surface area (Å²) in [5.41, 5.74) is 1.22. The third-order valence-corrected chi connectivity index (χ3v) is 4.22. The van der Waals surface area contributed by atoms with E-state index in [0.29, 0.717) is 5.92 Å². The summed E-state index contributed by atoms with van der Waals surface area (Å²) < 4.78 is 0. The van der Waals surface area contributed by atoms with Gasteiger partial charge in [-0.15, -0.1) is 0 Å². The van der Waals surface area contributed by atoms with Gasteiger partial charge >= 0.3 is 0 Å². The fraction of sp³-hybridized carbons (Fsp3) is 0.667. The maximum Gasteiger partial charge on any atom is 0.229 e. The zero-order chi connectivity index (χ0) is 13.0. The summed E-state index contributed by atoms with van der Waals surface area (Å²) in [7, 11) is 1.91. The lowest BCUT2D eigenvalue weighted by Gasteiger charge is -2.31. The van der Waals surface area contributed by atoms with Crippen molar-refractivity contribution in [2.24, 2.45) is 16.7 Å². The fourth-order valence-corrected chi connectivity index (χ4v) is 2.91. The van der Waals surface area contributed by atoms with Crippen molar-refractivity contribution < 1.29 is 4.79 Å². The molecule has 0 aromatic carbocycles. The van der Waals surface area contributed by atoms with Crippen LogP contribution in [0.25, 0.3) is 0 Å². The second-order valence-corrected chi connectivity index (χ2v) is 6.89. The van der Waals surface area contributed by atoms with E-state index in [9.17, 15) is 4.79 Å². The number of likely N-dealkylation sites (tertiary alicyclic amines) is 1. The molecule has 1 saturated heterocycles. The lowest BCUT2D eigenvalue weighted by Crippen LogP contribution is -2.31. The minimum absolute atomic E-state index is 0.155. The predicted octanol–water partition coefficient (Wildman–Crippen LogP) is 3.01. The van der Waals surface area contributed by atoms with Crippen LogP contribution in [-0.2, 0) is 4.79 Å². The Hall–Kier alpha value is -1.05. The molecule has 94 valence electrons. The predicted molar refractivity (Wildman–Crippen MR) is 70.5 cm³/mol. The highest BCUT2D eigenvalue weighted by atomic mass is 16.2. The SMILES string of the molecule is CN1C(=O)C(C)(C)C2C=C(C(C)(C)C)C=CC21. The van der Waals surface area contributed by atoms with Crippen LogP contribution in [0.1, 0.15) is 34.6 Å². The van der Waals surface area contributed by atoms with Crippen molar-refractivity contribution in [2.75, 3.05) is 7.05 Å². The first-order chi connectivity index (χ1) is 7.65. The van der Waals surface area contributed by atoms with Crippen molar-refractivity contribution in [3.8, 4) is 0 Å². The molecular weight excluding hydrogens is 210 g/mol. The molecule has 2 aliphatic rings. The summed E-state index contributed by atoms with van der Waals surface area (Å²) in [6.07, 6.45) is 6.69. The smallest absolute Gasteiger partial charge is 0.229 e. The van der Waals surface area contributed by atoms with E-state index in [4.69, 9.17) is 0 Å². The Balaban J connectivity index is 2.42. The molecule has 1 aliphatic heterocycles. The van der Waals surface area contributed by atoms with Crippen LogP contribution in [0, 0.1) is 16.7 Å². The first-order valence-corrected chi connectivity index (χ1v) is 6.33. The largest absolute Gasteiger partial charge is 0.338 e. The van der Waals surface area contributed by atoms with E-state index in [2.05, 4.69) is 52.8 Å². The number of likely N-dealkylation sites (N-methyl/N-ethyl adjacent to an activating group) is 1. The van der Waals surface area contributed by atoms with Crippen LogP contribution in [0.15, 0.2) is 23.8 Å². The summed E-state index contributed by atoms with van der Waals surface area (Å²) in [6, 6.07) is 0.239. The summed E-state index contributed by atoms with van der Waals surface area (Å²) in [6.45, 7) is 10.8. The fourth-order valence-electron chi connectivity index (χ4n) is 2.91. The lowest BCUT2D eigenvalue weighted by atomic mass is 9.72. The normalized spacial score (nSPS) is 31.5. The molecule has 0 N–H and O–H groups in total. The number of amides is 1. The molecule has 0 aromatic rings. The van der Waals surface area contributed by atoms with Gasteiger partial charge in [0, 0.05) is 13.0 Å². The molecule has 0 aromatic heterocycles. The van der Waals surface area contributed by atoms with Crippen molar-refractivity contribution in [3.05, 3.63) is 23.8 Å². The standard InChI is InChI=1S/C15H23NO/c1-14(2,3)10-7-8-12-11(9-10)15(4,5)13(17)16(12)6/h7-9,11-12H,1-6H3. The highest BCUT2D eigenvalue weighted by Crippen LogP contribution is 2.46. The molecule has 2 nitrogen and oxygen atoms in total. The number of carbonyl (C=O) groups is 1. The lowest BCUT2D eigenvalue weighted by molar-refractivity contribution is -0.134. The Morgan fingerprint density at radius 3 is 2.41 bits per heavy atom. The van der Waals surface area contributed by atoms with Gasteiger partial charge in [0.2, 0.25) is 5.91 Å². The minimum Gasteiger partial charge on any atom is -0.338 e. The van der Waals surface area contributed by atoms with Gasteiger partial charge in [0.05, 0.1) is 11.5 Å². The number of rotatable bonds is 0. The van der Waals surface area contributed by atoms with Gasteiger partial charge in [0.15, 0.2) is 0 Å². The van der Waals surface area contributed by atoms with Gasteiger partial charge in [0.1, 0.15) is 0 Å². The number of hydrogen-bond donors (Lipinski definition) is 0. The molecule has 1 fully saturated rings. The van der Waals surface area contributed by atoms with Crippen molar-refractivity contribution >= 4 is 5.91 Å². The summed E-state index contributed by atoms with van der Waals surface area (Å²) in [4.78, 5) is 14.1. The van der Waals surface area contributed by atoms with Gasteiger partial charge in [-0.25, -0.2) is 0 Å². The molecule has 0 radical (unpaired) electrons. The van der Waals surface area contributed by atoms with Crippen molar-refractivity contribution in [1.29, 1.82) is 0 Å². The summed E-state index contributed by atoms with van der Waals surface area (Å²) in [5, 5.41) is 0. The number of hydrogen-bond acceptors (Lipinski definition) is 1. The summed E-state index contributed by atoms with van der Waals surface area (Å²) >= 11 is 0. The number of fused-ring (bicyclic) bond motifs is 1. The molecule has 0 saturated carbocycles. The quantitative estimate of drug-likeness (QED) is 0.630. The van der Waals surface area contributed by atoms with Crippen LogP contribution in [0.2, 0.25) is 0 Å². The second kappa shape index (κ2) is 3.47. The number of nitrogens with zero attached hydrogens (tertiary/aromatic N) is 1. The van der Waals surface area contributed by atoms with Gasteiger partial charge in [-0.2, -0.15) is 0 Å². The Bertz CT molecular complexity index is 409. The van der Waals surface area contributed by atoms with Crippen molar-refractivity contribution in [1.82, 2.24) is 4.90 Å². The van der Waals surface area contributed by atoms with E-state index < -0.39 is 0 Å². The molecule has 1 aliphatic carbocycles. The van der Waals surface area contributed by atoms with Gasteiger partial charge in [0.25, 0.3) is 0 Å². The minimum atomic E-state index is -0.277. The maximum absolute atomic E-state index is 12.2. The monoisotopic (exact) mass is 233 g/mol. The maximum atomic E-state index is 12.2. The molecule has 2 heteroatoms. The Morgan fingerprint density at radius 1 is 1.29 bits per heavy atom. The molecule has 0 bridgehead atoms. The average Bonchev–Trinajstić information content (AvgIpc) is 2.39. The molecular formula is C15H23NO. The van der Waals surface area contributed by atoms with Crippen LogP contribution in [0.5, 0.6) is 0 Å². The van der Waals surface area contributed by atoms with Crippen molar-refractivity contribution in [2.45, 2.75) is 40.7 Å². The van der Waals surface area contributed by atoms with Crippen LogP contribution in [0.4, 0.5) is 0 Å². The van der Waals surface area contributed by atoms with Gasteiger partial charge in [-0.1, -0.05) is 52.8 Å². The van der Waals surface area contributed by atoms with E-state index >= 15 is 0 Å². The van der Waals surface area contributed by atoms with Crippen LogP contribution in [-0.4, -0.2) is 23.9 Å². The highest BCUT2D eigenvalue weighted by molar-refractivity contribution is 5.86. The molecule has 0 spiro atoms. The van der Waals surface area contributed by atoms with E-state index in [1.807, 2.05) is 11.9 Å². The van der Waals surface area contributed by atoms with Gasteiger partial charge in [-0.3, -0.25) is 4.79 Å². The van der Waals surface area contributed by atoms with Crippen molar-refractivity contribution in [3.63, 3.8) is 0 Å². The Kier molecular flexibility index (Phi) is 2.53. The molecule has 17 heavy (non-hydrogen) atoms. The number of allylic oxidation sites excluding steroid dienone is 2. The van der Waals surface area contributed by atoms with Crippen LogP contribution < -0.4 is 0 Å². The Labute approximate surface area is 104 Å². The third-order valence-electron chi connectivity index (χ3n) is 4.22. The molecule has 2 rings (SSSR count). The van der Waals surface area contributed by atoms with Gasteiger partial charge in [-0.05, 0) is 11.0 Å². The van der Waals surface area contributed by atoms with E-state index in [0.717, 1.165) is 0 Å². The topological polar surface area (TPSA) is 20.3 Å². The highest BCUT2D eigenvalue weighted by Gasteiger charge is 2.51. The Morgan fingerprint density at radius 2 is 1.88 bits per heavy atom. The van der Waals surface area contributed by atoms with E-state index in [1.165, 1.54) is 5.57 Å². The number of carbonyl (C=O) groups excluding carboxylic acids is 1. The first kappa shape index (κ1) is 12.4. The van der Waals surface area contributed by atoms with Gasteiger partial charge < -0.3 is 4.90 Å². The third kappa shape index (κ3) is 1.74. The first-order valence-electron chi connectivity index (χ1n) is 6.33. The average molecular weight is 233 g/mol. The van der Waals surface area contributed by atoms with E-state index in [-0.39, 0.29) is 22.8 Å². The zero-order valence-electron chi connectivity index (χ0n) is 11.7. The van der Waals surface area contributed by atoms with Crippen LogP contribution in [0.3, 0.4) is 0 Å². The van der Waals surface area contributed by atoms with E-state index in [1.54, 1.807) is 0 Å².